The highest BCUT2D eigenvalue weighted by Gasteiger charge is 2.28. The van der Waals surface area contributed by atoms with Gasteiger partial charge in [-0.1, -0.05) is 6.42 Å². The van der Waals surface area contributed by atoms with Crippen LogP contribution in [0.15, 0.2) is 18.2 Å². The molecule has 1 amide bonds. The Labute approximate surface area is 144 Å². The molecule has 1 atom stereocenters. The molecule has 2 aliphatic heterocycles. The van der Waals surface area contributed by atoms with E-state index in [9.17, 15) is 4.79 Å². The number of benzene rings is 1. The Morgan fingerprint density at radius 1 is 0.958 bits per heavy atom. The first-order valence-electron chi connectivity index (χ1n) is 8.97. The van der Waals surface area contributed by atoms with E-state index in [1.165, 1.54) is 38.8 Å². The van der Waals surface area contributed by atoms with Crippen molar-refractivity contribution in [2.24, 2.45) is 0 Å². The van der Waals surface area contributed by atoms with Gasteiger partial charge in [0.15, 0.2) is 0 Å². The van der Waals surface area contributed by atoms with E-state index in [2.05, 4.69) is 4.90 Å². The number of amides is 1. The first kappa shape index (κ1) is 17.1. The Morgan fingerprint density at radius 3 is 2.21 bits per heavy atom. The van der Waals surface area contributed by atoms with E-state index >= 15 is 0 Å². The number of methoxy groups -OCH3 is 2. The largest absolute Gasteiger partial charge is 0.497 e. The minimum Gasteiger partial charge on any atom is -0.497 e. The van der Waals surface area contributed by atoms with Crippen LogP contribution in [0, 0.1) is 0 Å². The highest BCUT2D eigenvalue weighted by Crippen LogP contribution is 2.25. The molecule has 0 aromatic heterocycles. The van der Waals surface area contributed by atoms with Gasteiger partial charge in [-0.05, 0) is 50.9 Å². The standard InChI is InChI=1S/C19H28N2O3/c1-23-17-11-15(12-18(13-17)24-2)19(22)21-10-4-3-7-16(14-21)20-8-5-6-9-20/h11-13,16H,3-10,14H2,1-2H3/t16-/m1/s1. The van der Waals surface area contributed by atoms with Gasteiger partial charge in [0.2, 0.25) is 0 Å². The van der Waals surface area contributed by atoms with E-state index in [-0.39, 0.29) is 5.91 Å². The molecular formula is C19H28N2O3. The van der Waals surface area contributed by atoms with Crippen molar-refractivity contribution in [2.45, 2.75) is 38.1 Å². The Bertz CT molecular complexity index is 547. The number of nitrogens with zero attached hydrogens (tertiary/aromatic N) is 2. The van der Waals surface area contributed by atoms with Gasteiger partial charge in [-0.15, -0.1) is 0 Å². The molecule has 2 fully saturated rings. The fourth-order valence-corrected chi connectivity index (χ4v) is 3.82. The third-order valence-corrected chi connectivity index (χ3v) is 5.19. The molecule has 0 radical (unpaired) electrons. The third kappa shape index (κ3) is 3.83. The van der Waals surface area contributed by atoms with Gasteiger partial charge in [0.25, 0.3) is 5.91 Å². The van der Waals surface area contributed by atoms with E-state index in [0.29, 0.717) is 23.1 Å². The number of carbonyl (C=O) groups is 1. The second-order valence-electron chi connectivity index (χ2n) is 6.75. The summed E-state index contributed by atoms with van der Waals surface area (Å²) in [6.07, 6.45) is 6.06. The molecule has 5 heteroatoms. The summed E-state index contributed by atoms with van der Waals surface area (Å²) in [6, 6.07) is 5.92. The molecule has 3 rings (SSSR count). The molecule has 1 aromatic rings. The maximum Gasteiger partial charge on any atom is 0.254 e. The van der Waals surface area contributed by atoms with Gasteiger partial charge < -0.3 is 14.4 Å². The van der Waals surface area contributed by atoms with Crippen molar-refractivity contribution in [3.05, 3.63) is 23.8 Å². The van der Waals surface area contributed by atoms with Crippen LogP contribution in [0.25, 0.3) is 0 Å². The average Bonchev–Trinajstić information content (AvgIpc) is 3.05. The second-order valence-corrected chi connectivity index (χ2v) is 6.75. The van der Waals surface area contributed by atoms with Crippen LogP contribution in [0.3, 0.4) is 0 Å². The summed E-state index contributed by atoms with van der Waals surface area (Å²) in [5.74, 6) is 1.39. The minimum absolute atomic E-state index is 0.0818. The van der Waals surface area contributed by atoms with Crippen LogP contribution in [-0.2, 0) is 0 Å². The molecule has 2 heterocycles. The van der Waals surface area contributed by atoms with Crippen molar-refractivity contribution in [3.8, 4) is 11.5 Å². The Hall–Kier alpha value is -1.75. The molecule has 0 aliphatic carbocycles. The van der Waals surface area contributed by atoms with E-state index in [0.717, 1.165) is 19.5 Å². The molecule has 0 bridgehead atoms. The number of ether oxygens (including phenoxy) is 2. The zero-order chi connectivity index (χ0) is 16.9. The average molecular weight is 332 g/mol. The van der Waals surface area contributed by atoms with Crippen molar-refractivity contribution in [3.63, 3.8) is 0 Å². The molecule has 0 N–H and O–H groups in total. The lowest BCUT2D eigenvalue weighted by molar-refractivity contribution is 0.0713. The van der Waals surface area contributed by atoms with E-state index < -0.39 is 0 Å². The number of rotatable bonds is 4. The minimum atomic E-state index is 0.0818. The van der Waals surface area contributed by atoms with Gasteiger partial charge in [0, 0.05) is 30.8 Å². The van der Waals surface area contributed by atoms with Crippen LogP contribution in [0.2, 0.25) is 0 Å². The van der Waals surface area contributed by atoms with Gasteiger partial charge in [-0.25, -0.2) is 0 Å². The Kier molecular flexibility index (Phi) is 5.61. The van der Waals surface area contributed by atoms with Crippen LogP contribution >= 0.6 is 0 Å². The molecule has 5 nitrogen and oxygen atoms in total. The quantitative estimate of drug-likeness (QED) is 0.850. The van der Waals surface area contributed by atoms with E-state index in [1.807, 2.05) is 4.90 Å². The van der Waals surface area contributed by atoms with E-state index in [1.54, 1.807) is 32.4 Å². The molecule has 0 unspecified atom stereocenters. The van der Waals surface area contributed by atoms with E-state index in [4.69, 9.17) is 9.47 Å². The van der Waals surface area contributed by atoms with Crippen molar-refractivity contribution in [2.75, 3.05) is 40.4 Å². The van der Waals surface area contributed by atoms with Gasteiger partial charge in [0.1, 0.15) is 11.5 Å². The van der Waals surface area contributed by atoms with Crippen molar-refractivity contribution in [1.29, 1.82) is 0 Å². The monoisotopic (exact) mass is 332 g/mol. The lowest BCUT2D eigenvalue weighted by Gasteiger charge is -2.30. The molecule has 2 saturated heterocycles. The van der Waals surface area contributed by atoms with Crippen LogP contribution in [-0.4, -0.2) is 62.1 Å². The summed E-state index contributed by atoms with van der Waals surface area (Å²) in [6.45, 7) is 4.03. The summed E-state index contributed by atoms with van der Waals surface area (Å²) < 4.78 is 10.6. The highest BCUT2D eigenvalue weighted by molar-refractivity contribution is 5.95. The summed E-state index contributed by atoms with van der Waals surface area (Å²) in [4.78, 5) is 17.6. The predicted molar refractivity (Wildman–Crippen MR) is 93.9 cm³/mol. The summed E-state index contributed by atoms with van der Waals surface area (Å²) in [7, 11) is 3.22. The van der Waals surface area contributed by atoms with Crippen molar-refractivity contribution in [1.82, 2.24) is 9.80 Å². The first-order chi connectivity index (χ1) is 11.7. The number of carbonyl (C=O) groups excluding carboxylic acids is 1. The molecular weight excluding hydrogens is 304 g/mol. The summed E-state index contributed by atoms with van der Waals surface area (Å²) >= 11 is 0. The van der Waals surface area contributed by atoms with Crippen molar-refractivity contribution >= 4 is 5.91 Å². The molecule has 2 aliphatic rings. The van der Waals surface area contributed by atoms with Crippen LogP contribution in [0.5, 0.6) is 11.5 Å². The Balaban J connectivity index is 1.77. The Morgan fingerprint density at radius 2 is 1.58 bits per heavy atom. The zero-order valence-electron chi connectivity index (χ0n) is 14.8. The topological polar surface area (TPSA) is 42.0 Å². The summed E-state index contributed by atoms with van der Waals surface area (Å²) in [5.41, 5.74) is 0.647. The lowest BCUT2D eigenvalue weighted by Crippen LogP contribution is -2.43. The fraction of sp³-hybridized carbons (Fsp3) is 0.632. The SMILES string of the molecule is COc1cc(OC)cc(C(=O)N2CCCC[C@@H](N3CCCC3)C2)c1. The maximum atomic E-state index is 13.0. The van der Waals surface area contributed by atoms with Gasteiger partial charge >= 0.3 is 0 Å². The second kappa shape index (κ2) is 7.88. The van der Waals surface area contributed by atoms with Crippen LogP contribution in [0.4, 0.5) is 0 Å². The molecule has 132 valence electrons. The van der Waals surface area contributed by atoms with Gasteiger partial charge in [-0.2, -0.15) is 0 Å². The molecule has 0 spiro atoms. The normalized spacial score (nSPS) is 22.2. The number of hydrogen-bond acceptors (Lipinski definition) is 4. The summed E-state index contributed by atoms with van der Waals surface area (Å²) in [5, 5.41) is 0. The third-order valence-electron chi connectivity index (χ3n) is 5.19. The smallest absolute Gasteiger partial charge is 0.254 e. The molecule has 0 saturated carbocycles. The van der Waals surface area contributed by atoms with Crippen LogP contribution in [0.1, 0.15) is 42.5 Å². The zero-order valence-corrected chi connectivity index (χ0v) is 14.8. The van der Waals surface area contributed by atoms with Crippen molar-refractivity contribution < 1.29 is 14.3 Å². The fourth-order valence-electron chi connectivity index (χ4n) is 3.82. The van der Waals surface area contributed by atoms with Gasteiger partial charge in [0.05, 0.1) is 14.2 Å². The van der Waals surface area contributed by atoms with Crippen LogP contribution < -0.4 is 9.47 Å². The maximum absolute atomic E-state index is 13.0. The molecule has 1 aromatic carbocycles. The predicted octanol–water partition coefficient (Wildman–Crippen LogP) is 2.79. The highest BCUT2D eigenvalue weighted by atomic mass is 16.5. The molecule has 24 heavy (non-hydrogen) atoms. The lowest BCUT2D eigenvalue weighted by atomic mass is 10.1. The van der Waals surface area contributed by atoms with Gasteiger partial charge in [-0.3, -0.25) is 9.69 Å². The number of likely N-dealkylation sites (tertiary alicyclic amines) is 2. The number of hydrogen-bond donors (Lipinski definition) is 0. The first-order valence-corrected chi connectivity index (χ1v) is 8.97.